The lowest BCUT2D eigenvalue weighted by Crippen LogP contribution is -2.61. The maximum Gasteiger partial charge on any atom is 0.246 e. The van der Waals surface area contributed by atoms with E-state index in [1.807, 2.05) is 0 Å². The zero-order valence-electron chi connectivity index (χ0n) is 71.5. The standard InChI is InChI=1S/C83H117N23O20S/c1-6-7-20-63-75(119)99-60(37-66(85)110)82(126)106-32-14-22-65(106)77(121)100-61(42-108)74(118)96-56(28-33-107)81(125)105-31-13-21-64(105)76(120)97-57(35-47-38-90-52-17-10-8-15-50(47)52)73(117)95-55(27-29-84)72(116)98-59(36-48-39-91-53-18-11-9-16-51(48)53)79(123)103(4)45(2)78(122)102(3)41-68(112)93-54(19-12-30-89-83(87)88)71(115)101-62(70(114)92-40-67(86)111)43-127-44-69(113)94-58(80(124)104(63)5)34-46-23-25-49(109)26-24-46/h8-11,15-18,23-26,38-39,45,54-65,90-91,107-109H,6-7,12-14,19-22,27-37,40-44,84H2,1-5H3,(H2,85,110)(H2,86,111)(H,92,114)(H,93,112)(H,94,113)(H,95,117)(H,96,118)(H,97,120)(H,98,116)(H,99,119)(H,100,121)(H,101,115)(H4,87,88,89)/t45-,54-,55-,56-,57-,58-,59-,60+,61-,62-,63-,64-,65-/m0/s1. The molecule has 127 heavy (non-hydrogen) atoms. The number of aliphatic hydroxyl groups excluding tert-OH is 2. The quantitative estimate of drug-likeness (QED) is 0.0165. The molecular weight excluding hydrogens is 1670 g/mol. The number of phenolic OH excluding ortho intramolecular Hbond substituents is 1. The lowest BCUT2D eigenvalue weighted by atomic mass is 10.0. The third-order valence-corrected chi connectivity index (χ3v) is 23.3. The van der Waals surface area contributed by atoms with Crippen LogP contribution in [0.1, 0.15) is 108 Å². The Morgan fingerprint density at radius 2 is 1.04 bits per heavy atom. The number of hydrogen-bond acceptors (Lipinski definition) is 23. The molecule has 2 aromatic heterocycles. The number of nitrogens with two attached hydrogens (primary N) is 4. The van der Waals surface area contributed by atoms with Gasteiger partial charge in [-0.1, -0.05) is 68.3 Å². The van der Waals surface area contributed by atoms with Crippen LogP contribution in [0.25, 0.3) is 21.8 Å². The summed E-state index contributed by atoms with van der Waals surface area (Å²) < 4.78 is 0. The lowest BCUT2D eigenvalue weighted by molar-refractivity contribution is -0.146. The lowest BCUT2D eigenvalue weighted by Gasteiger charge is -2.33. The third kappa shape index (κ3) is 28.0. The van der Waals surface area contributed by atoms with Crippen LogP contribution in [-0.4, -0.2) is 320 Å². The molecule has 0 spiro atoms. The molecular formula is C83H117N23O20S. The fraction of sp³-hybridized carbons (Fsp3) is 0.518. The van der Waals surface area contributed by atoms with Crippen LogP contribution in [0, 0.1) is 5.41 Å². The predicted octanol–water partition coefficient (Wildman–Crippen LogP) is -5.74. The molecule has 0 saturated carbocycles. The largest absolute Gasteiger partial charge is 0.508 e. The highest BCUT2D eigenvalue weighted by Crippen LogP contribution is 2.27. The second-order valence-corrected chi connectivity index (χ2v) is 32.6. The van der Waals surface area contributed by atoms with E-state index in [4.69, 9.17) is 28.3 Å². The molecule has 8 rings (SSSR count). The molecule has 3 aliphatic heterocycles. The average Bonchev–Trinajstić information content (AvgIpc) is 1.73. The number of amides is 17. The summed E-state index contributed by atoms with van der Waals surface area (Å²) in [4.78, 5) is 257. The molecule has 17 amide bonds. The molecule has 13 atom stereocenters. The molecule has 0 bridgehead atoms. The van der Waals surface area contributed by atoms with Crippen molar-refractivity contribution in [2.75, 3.05) is 85.1 Å². The highest BCUT2D eigenvalue weighted by Gasteiger charge is 2.45. The molecule has 3 aliphatic rings. The Bertz CT molecular complexity index is 4800. The first-order valence-corrected chi connectivity index (χ1v) is 43.1. The Labute approximate surface area is 736 Å². The van der Waals surface area contributed by atoms with Crippen molar-refractivity contribution >= 4 is 140 Å². The number of nitrogens with one attached hydrogen (secondary N) is 14. The number of carbonyl (C=O) groups is 17. The summed E-state index contributed by atoms with van der Waals surface area (Å²) in [5.74, 6) is -17.7. The van der Waals surface area contributed by atoms with Crippen molar-refractivity contribution in [3.63, 3.8) is 0 Å². The number of rotatable bonds is 23. The SMILES string of the molecule is CCCC[C@H]1C(=O)N[C@H](CC(N)=O)C(=O)N2CCC[C@H]2C(=O)N[C@@H](CO)C(=O)N[C@@H](CCO)C(=O)N2CCC[C@H]2C(=O)N[C@@H](Cc2c[nH]c3ccccc23)C(=O)N[C@@H](CCN)C(=O)N[C@@H](Cc2c[nH]c3ccccc23)C(=O)N(C)[C@@H](C)C(=O)N(C)CC(=O)N[C@@H](CCCNC(=N)N)C(=O)N[C@H](C(=O)NCC(N)=O)CSCC(=O)N[C@@H](Cc2ccc(O)cc2)C(=O)N1C. The molecule has 44 heteroatoms. The van der Waals surface area contributed by atoms with Crippen molar-refractivity contribution < 1.29 is 96.8 Å². The van der Waals surface area contributed by atoms with E-state index in [-0.39, 0.29) is 109 Å². The summed E-state index contributed by atoms with van der Waals surface area (Å²) >= 11 is 0.754. The van der Waals surface area contributed by atoms with E-state index in [0.29, 0.717) is 44.9 Å². The zero-order chi connectivity index (χ0) is 92.9. The van der Waals surface area contributed by atoms with Crippen LogP contribution in [0.2, 0.25) is 0 Å². The molecule has 3 aromatic carbocycles. The maximum atomic E-state index is 15.2. The van der Waals surface area contributed by atoms with E-state index < -0.39 is 236 Å². The second kappa shape index (κ2) is 47.9. The van der Waals surface area contributed by atoms with Gasteiger partial charge in [0.1, 0.15) is 84.3 Å². The average molecular weight is 1790 g/mol. The highest BCUT2D eigenvalue weighted by atomic mass is 32.2. The molecule has 3 saturated heterocycles. The third-order valence-electron chi connectivity index (χ3n) is 22.3. The van der Waals surface area contributed by atoms with Gasteiger partial charge in [0, 0.05) is 107 Å². The Balaban J connectivity index is 1.15. The van der Waals surface area contributed by atoms with Gasteiger partial charge in [-0.05, 0) is 112 Å². The number of guanidine groups is 1. The number of carbonyl (C=O) groups excluding carboxylic acids is 17. The number of aliphatic hydroxyl groups is 2. The van der Waals surface area contributed by atoms with Crippen LogP contribution in [-0.2, 0) is 101 Å². The van der Waals surface area contributed by atoms with Gasteiger partial charge in [0.2, 0.25) is 100 Å². The van der Waals surface area contributed by atoms with Crippen LogP contribution >= 0.6 is 11.8 Å². The van der Waals surface area contributed by atoms with Crippen molar-refractivity contribution in [2.24, 2.45) is 22.9 Å². The molecule has 690 valence electrons. The number of aromatic amines is 2. The Morgan fingerprint density at radius 3 is 1.61 bits per heavy atom. The van der Waals surface area contributed by atoms with Crippen LogP contribution in [0.3, 0.4) is 0 Å². The number of fused-ring (bicyclic) bond motifs is 4. The van der Waals surface area contributed by atoms with E-state index in [2.05, 4.69) is 68.5 Å². The van der Waals surface area contributed by atoms with Gasteiger partial charge in [-0.25, -0.2) is 0 Å². The molecule has 5 heterocycles. The fourth-order valence-corrected chi connectivity index (χ4v) is 16.2. The van der Waals surface area contributed by atoms with Crippen LogP contribution < -0.4 is 81.4 Å². The summed E-state index contributed by atoms with van der Waals surface area (Å²) in [7, 11) is 3.77. The molecule has 0 radical (unpaired) electrons. The number of primary amides is 2. The smallest absolute Gasteiger partial charge is 0.246 e. The van der Waals surface area contributed by atoms with Gasteiger partial charge in [-0.2, -0.15) is 0 Å². The normalized spacial score (nSPS) is 24.3. The minimum Gasteiger partial charge on any atom is -0.508 e. The Kier molecular flexibility index (Phi) is 37.5. The first-order chi connectivity index (χ1) is 60.6. The molecule has 0 unspecified atom stereocenters. The first kappa shape index (κ1) is 99.5. The van der Waals surface area contributed by atoms with Gasteiger partial charge in [0.25, 0.3) is 0 Å². The number of phenols is 1. The summed E-state index contributed by atoms with van der Waals surface area (Å²) in [6.07, 6.45) is 1.81. The number of thioether (sulfide) groups is 1. The highest BCUT2D eigenvalue weighted by molar-refractivity contribution is 8.00. The van der Waals surface area contributed by atoms with E-state index in [1.54, 1.807) is 67.8 Å². The molecule has 5 aromatic rings. The van der Waals surface area contributed by atoms with Crippen molar-refractivity contribution in [1.29, 1.82) is 5.41 Å². The van der Waals surface area contributed by atoms with E-state index >= 15 is 19.2 Å². The van der Waals surface area contributed by atoms with E-state index in [0.717, 1.165) is 36.3 Å². The number of hydrogen-bond donors (Lipinski definition) is 21. The van der Waals surface area contributed by atoms with Crippen LogP contribution in [0.5, 0.6) is 5.75 Å². The number of para-hydroxylation sites is 2. The number of unbranched alkanes of at least 4 members (excludes halogenated alkanes) is 1. The van der Waals surface area contributed by atoms with Crippen LogP contribution in [0.15, 0.2) is 85.2 Å². The molecule has 43 nitrogen and oxygen atoms in total. The summed E-state index contributed by atoms with van der Waals surface area (Å²) in [6, 6.07) is -0.417. The van der Waals surface area contributed by atoms with Crippen LogP contribution in [0.4, 0.5) is 0 Å². The zero-order valence-corrected chi connectivity index (χ0v) is 72.3. The molecule has 3 fully saturated rings. The fourth-order valence-electron chi connectivity index (χ4n) is 15.4. The van der Waals surface area contributed by atoms with Crippen molar-refractivity contribution in [1.82, 2.24) is 93.0 Å². The van der Waals surface area contributed by atoms with E-state index in [9.17, 15) is 77.6 Å². The van der Waals surface area contributed by atoms with Gasteiger partial charge in [0.15, 0.2) is 5.96 Å². The number of nitrogens with zero attached hydrogens (tertiary/aromatic N) is 5. The monoisotopic (exact) mass is 1790 g/mol. The van der Waals surface area contributed by atoms with Gasteiger partial charge >= 0.3 is 0 Å². The molecule has 0 aliphatic carbocycles. The Hall–Kier alpha value is -13.0. The van der Waals surface area contributed by atoms with Gasteiger partial charge in [-0.3, -0.25) is 86.9 Å². The van der Waals surface area contributed by atoms with Gasteiger partial charge < -0.3 is 131 Å². The number of aromatic nitrogens is 2. The first-order valence-electron chi connectivity index (χ1n) is 42.0. The van der Waals surface area contributed by atoms with Crippen molar-refractivity contribution in [3.8, 4) is 5.75 Å². The maximum absolute atomic E-state index is 15.2. The van der Waals surface area contributed by atoms with Gasteiger partial charge in [-0.15, -0.1) is 11.8 Å². The number of H-pyrrole nitrogens is 2. The summed E-state index contributed by atoms with van der Waals surface area (Å²) in [5.41, 5.74) is 25.6. The minimum absolute atomic E-state index is 0.00853. The topological polar surface area (TPSA) is 659 Å². The summed E-state index contributed by atoms with van der Waals surface area (Å²) in [6.45, 7) is -0.623. The Morgan fingerprint density at radius 1 is 0.528 bits per heavy atom. The van der Waals surface area contributed by atoms with Crippen molar-refractivity contribution in [3.05, 3.63) is 102 Å². The predicted molar refractivity (Wildman–Crippen MR) is 464 cm³/mol. The minimum atomic E-state index is -1.84. The molecule has 25 N–H and O–H groups in total. The number of aromatic hydroxyl groups is 1. The van der Waals surface area contributed by atoms with Gasteiger partial charge in [0.05, 0.1) is 31.9 Å². The summed E-state index contributed by atoms with van der Waals surface area (Å²) in [5, 5.41) is 68.8. The van der Waals surface area contributed by atoms with Crippen molar-refractivity contribution in [2.45, 2.75) is 189 Å². The second-order valence-electron chi connectivity index (χ2n) is 31.6. The number of benzene rings is 3. The van der Waals surface area contributed by atoms with E-state index in [1.165, 1.54) is 52.3 Å². The number of likely N-dealkylation sites (N-methyl/N-ethyl adjacent to an activating group) is 3.